The van der Waals surface area contributed by atoms with E-state index in [2.05, 4.69) is 0 Å². The molecule has 0 aromatic heterocycles. The summed E-state index contributed by atoms with van der Waals surface area (Å²) in [5.74, 6) is -0.0106. The minimum absolute atomic E-state index is 0.0106. The second-order valence-corrected chi connectivity index (χ2v) is 8.05. The van der Waals surface area contributed by atoms with Crippen LogP contribution in [0.5, 0.6) is 0 Å². The zero-order chi connectivity index (χ0) is 16.6. The van der Waals surface area contributed by atoms with Gasteiger partial charge >= 0.3 is 0 Å². The SMILES string of the molecule is CC(=O)N1CCCc2cc(S(=O)(=O)N3CCO[C@H](C)C3)ccc21. The van der Waals surface area contributed by atoms with Gasteiger partial charge in [0.15, 0.2) is 0 Å². The second kappa shape index (κ2) is 6.22. The molecule has 0 aliphatic carbocycles. The number of rotatable bonds is 2. The van der Waals surface area contributed by atoms with Crippen LogP contribution in [-0.2, 0) is 26.0 Å². The molecule has 1 aromatic rings. The monoisotopic (exact) mass is 338 g/mol. The molecule has 0 saturated carbocycles. The van der Waals surface area contributed by atoms with E-state index in [0.717, 1.165) is 24.1 Å². The van der Waals surface area contributed by atoms with Crippen LogP contribution in [0.15, 0.2) is 23.1 Å². The first-order valence-electron chi connectivity index (χ1n) is 7.92. The zero-order valence-corrected chi connectivity index (χ0v) is 14.3. The van der Waals surface area contributed by atoms with Crippen molar-refractivity contribution < 1.29 is 17.9 Å². The van der Waals surface area contributed by atoms with Crippen molar-refractivity contribution in [3.63, 3.8) is 0 Å². The van der Waals surface area contributed by atoms with E-state index in [1.54, 1.807) is 23.1 Å². The first-order chi connectivity index (χ1) is 10.9. The van der Waals surface area contributed by atoms with Crippen LogP contribution in [0.3, 0.4) is 0 Å². The van der Waals surface area contributed by atoms with Gasteiger partial charge in [-0.3, -0.25) is 4.79 Å². The van der Waals surface area contributed by atoms with Gasteiger partial charge in [0.25, 0.3) is 0 Å². The van der Waals surface area contributed by atoms with E-state index in [9.17, 15) is 13.2 Å². The minimum Gasteiger partial charge on any atom is -0.376 e. The van der Waals surface area contributed by atoms with E-state index < -0.39 is 10.0 Å². The van der Waals surface area contributed by atoms with Gasteiger partial charge in [-0.15, -0.1) is 0 Å². The average molecular weight is 338 g/mol. The highest BCUT2D eigenvalue weighted by Gasteiger charge is 2.30. The van der Waals surface area contributed by atoms with Crippen molar-refractivity contribution in [1.29, 1.82) is 0 Å². The standard InChI is InChI=1S/C16H22N2O4S/c1-12-11-17(8-9-22-12)23(20,21)15-5-6-16-14(10-15)4-3-7-18(16)13(2)19/h5-6,10,12H,3-4,7-9,11H2,1-2H3/t12-/m1/s1. The van der Waals surface area contributed by atoms with Gasteiger partial charge in [0.05, 0.1) is 17.6 Å². The van der Waals surface area contributed by atoms with E-state index in [1.165, 1.54) is 11.2 Å². The molecule has 1 aromatic carbocycles. The van der Waals surface area contributed by atoms with Crippen molar-refractivity contribution in [1.82, 2.24) is 4.31 Å². The molecule has 1 amide bonds. The average Bonchev–Trinajstić information content (AvgIpc) is 2.53. The van der Waals surface area contributed by atoms with Crippen LogP contribution in [-0.4, -0.2) is 51.0 Å². The Morgan fingerprint density at radius 3 is 2.78 bits per heavy atom. The molecule has 7 heteroatoms. The third kappa shape index (κ3) is 3.13. The largest absolute Gasteiger partial charge is 0.376 e. The van der Waals surface area contributed by atoms with Crippen molar-refractivity contribution >= 4 is 21.6 Å². The summed E-state index contributed by atoms with van der Waals surface area (Å²) in [6, 6.07) is 5.09. The number of sulfonamides is 1. The molecule has 1 saturated heterocycles. The highest BCUT2D eigenvalue weighted by Crippen LogP contribution is 2.30. The predicted molar refractivity (Wildman–Crippen MR) is 87.0 cm³/mol. The molecule has 1 fully saturated rings. The Balaban J connectivity index is 1.93. The van der Waals surface area contributed by atoms with Crippen LogP contribution in [0.1, 0.15) is 25.8 Å². The fourth-order valence-corrected chi connectivity index (χ4v) is 4.77. The van der Waals surface area contributed by atoms with Gasteiger partial charge in [-0.05, 0) is 43.5 Å². The summed E-state index contributed by atoms with van der Waals surface area (Å²) in [6.45, 7) is 5.27. The number of nitrogens with zero attached hydrogens (tertiary/aromatic N) is 2. The summed E-state index contributed by atoms with van der Waals surface area (Å²) >= 11 is 0. The molecule has 0 unspecified atom stereocenters. The number of anilines is 1. The Morgan fingerprint density at radius 2 is 2.09 bits per heavy atom. The van der Waals surface area contributed by atoms with E-state index >= 15 is 0 Å². The zero-order valence-electron chi connectivity index (χ0n) is 13.5. The molecule has 126 valence electrons. The van der Waals surface area contributed by atoms with Crippen LogP contribution in [0.2, 0.25) is 0 Å². The molecular weight excluding hydrogens is 316 g/mol. The van der Waals surface area contributed by atoms with Crippen LogP contribution in [0.4, 0.5) is 5.69 Å². The smallest absolute Gasteiger partial charge is 0.243 e. The molecule has 0 spiro atoms. The van der Waals surface area contributed by atoms with Gasteiger partial charge in [-0.25, -0.2) is 8.42 Å². The fourth-order valence-electron chi connectivity index (χ4n) is 3.21. The van der Waals surface area contributed by atoms with Gasteiger partial charge in [0.2, 0.25) is 15.9 Å². The van der Waals surface area contributed by atoms with Gasteiger partial charge in [0, 0.05) is 32.2 Å². The quantitative estimate of drug-likeness (QED) is 0.817. The van der Waals surface area contributed by atoms with E-state index in [0.29, 0.717) is 31.1 Å². The minimum atomic E-state index is -3.52. The Labute approximate surface area is 137 Å². The molecule has 1 atom stereocenters. The molecule has 2 aliphatic heterocycles. The molecule has 6 nitrogen and oxygen atoms in total. The summed E-state index contributed by atoms with van der Waals surface area (Å²) in [4.78, 5) is 13.7. The van der Waals surface area contributed by atoms with Crippen molar-refractivity contribution in [2.24, 2.45) is 0 Å². The first kappa shape index (κ1) is 16.4. The maximum Gasteiger partial charge on any atom is 0.243 e. The number of carbonyl (C=O) groups excluding carboxylic acids is 1. The normalized spacial score (nSPS) is 22.7. The molecule has 0 N–H and O–H groups in total. The number of amides is 1. The van der Waals surface area contributed by atoms with E-state index in [1.807, 2.05) is 6.92 Å². The Kier molecular flexibility index (Phi) is 4.44. The third-order valence-electron chi connectivity index (χ3n) is 4.39. The molecule has 0 bridgehead atoms. The number of benzene rings is 1. The number of morpholine rings is 1. The number of hydrogen-bond donors (Lipinski definition) is 0. The molecule has 2 aliphatic rings. The molecule has 2 heterocycles. The van der Waals surface area contributed by atoms with Crippen LogP contribution < -0.4 is 4.90 Å². The molecule has 23 heavy (non-hydrogen) atoms. The van der Waals surface area contributed by atoms with Gasteiger partial charge in [-0.1, -0.05) is 0 Å². The fraction of sp³-hybridized carbons (Fsp3) is 0.562. The summed E-state index contributed by atoms with van der Waals surface area (Å²) < 4.78 is 32.5. The lowest BCUT2D eigenvalue weighted by molar-refractivity contribution is -0.116. The van der Waals surface area contributed by atoms with Crippen LogP contribution >= 0.6 is 0 Å². The summed E-state index contributed by atoms with van der Waals surface area (Å²) in [5, 5.41) is 0. The lowest BCUT2D eigenvalue weighted by Gasteiger charge is -2.32. The number of hydrogen-bond acceptors (Lipinski definition) is 4. The van der Waals surface area contributed by atoms with Crippen LogP contribution in [0.25, 0.3) is 0 Å². The maximum absolute atomic E-state index is 12.8. The van der Waals surface area contributed by atoms with Crippen molar-refractivity contribution in [3.05, 3.63) is 23.8 Å². The Hall–Kier alpha value is -1.44. The van der Waals surface area contributed by atoms with Gasteiger partial charge < -0.3 is 9.64 Å². The highest BCUT2D eigenvalue weighted by molar-refractivity contribution is 7.89. The summed E-state index contributed by atoms with van der Waals surface area (Å²) in [7, 11) is -3.52. The number of carbonyl (C=O) groups is 1. The maximum atomic E-state index is 12.8. The topological polar surface area (TPSA) is 66.9 Å². The third-order valence-corrected chi connectivity index (χ3v) is 6.25. The van der Waals surface area contributed by atoms with E-state index in [-0.39, 0.29) is 12.0 Å². The molecule has 3 rings (SSSR count). The van der Waals surface area contributed by atoms with Gasteiger partial charge in [0.1, 0.15) is 0 Å². The van der Waals surface area contributed by atoms with Crippen molar-refractivity contribution in [3.8, 4) is 0 Å². The Morgan fingerprint density at radius 1 is 1.30 bits per heavy atom. The van der Waals surface area contributed by atoms with E-state index in [4.69, 9.17) is 4.74 Å². The molecule has 0 radical (unpaired) electrons. The van der Waals surface area contributed by atoms with Crippen LogP contribution in [0, 0.1) is 0 Å². The predicted octanol–water partition coefficient (Wildman–Crippen LogP) is 1.40. The van der Waals surface area contributed by atoms with Gasteiger partial charge in [-0.2, -0.15) is 4.31 Å². The second-order valence-electron chi connectivity index (χ2n) is 6.11. The molecular formula is C16H22N2O4S. The van der Waals surface area contributed by atoms with Crippen molar-refractivity contribution in [2.45, 2.75) is 37.7 Å². The highest BCUT2D eigenvalue weighted by atomic mass is 32.2. The number of aryl methyl sites for hydroxylation is 1. The number of ether oxygens (including phenoxy) is 1. The van der Waals surface area contributed by atoms with Crippen molar-refractivity contribution in [2.75, 3.05) is 31.1 Å². The summed E-state index contributed by atoms with van der Waals surface area (Å²) in [6.07, 6.45) is 1.55. The number of fused-ring (bicyclic) bond motifs is 1. The first-order valence-corrected chi connectivity index (χ1v) is 9.36. The lowest BCUT2D eigenvalue weighted by Crippen LogP contribution is -2.44. The Bertz CT molecular complexity index is 717. The summed E-state index contributed by atoms with van der Waals surface area (Å²) in [5.41, 5.74) is 1.76. The lowest BCUT2D eigenvalue weighted by atomic mass is 10.0.